The topological polar surface area (TPSA) is 83.6 Å². The zero-order valence-corrected chi connectivity index (χ0v) is 15.5. The Morgan fingerprint density at radius 1 is 0.880 bits per heavy atom. The summed E-state index contributed by atoms with van der Waals surface area (Å²) in [6.45, 7) is 0. The van der Waals surface area contributed by atoms with Gasteiger partial charge in [0, 0.05) is 23.0 Å². The van der Waals surface area contributed by atoms with Gasteiger partial charge >= 0.3 is 0 Å². The smallest absolute Gasteiger partial charge is 0.261 e. The highest BCUT2D eigenvalue weighted by molar-refractivity contribution is 9.10. The van der Waals surface area contributed by atoms with Gasteiger partial charge in [-0.25, -0.2) is 8.42 Å². The Morgan fingerprint density at radius 2 is 1.44 bits per heavy atom. The normalized spacial score (nSPS) is 15.3. The van der Waals surface area contributed by atoms with Crippen molar-refractivity contribution >= 4 is 49.1 Å². The van der Waals surface area contributed by atoms with Crippen LogP contribution in [0.5, 0.6) is 0 Å². The van der Waals surface area contributed by atoms with Crippen molar-refractivity contribution in [1.82, 2.24) is 0 Å². The minimum atomic E-state index is -3.75. The van der Waals surface area contributed by atoms with Gasteiger partial charge in [0.05, 0.1) is 10.6 Å². The minimum absolute atomic E-state index is 0.0519. The van der Waals surface area contributed by atoms with Gasteiger partial charge < -0.3 is 0 Å². The van der Waals surface area contributed by atoms with Crippen LogP contribution in [0.1, 0.15) is 19.3 Å². The summed E-state index contributed by atoms with van der Waals surface area (Å²) in [7, 11) is -3.75. The van der Waals surface area contributed by atoms with E-state index in [9.17, 15) is 18.0 Å². The third-order valence-electron chi connectivity index (χ3n) is 3.78. The molecule has 0 aliphatic carbocycles. The largest absolute Gasteiger partial charge is 0.280 e. The standard InChI is InChI=1S/C17H15BrN2O4S/c18-12-4-6-13(7-5-12)19-25(23,24)15-10-8-14(9-11-15)20-16(21)2-1-3-17(20)22/h4-11,19H,1-3H2. The molecule has 0 bridgehead atoms. The molecule has 2 aromatic carbocycles. The summed E-state index contributed by atoms with van der Waals surface area (Å²) in [5.74, 6) is -0.528. The lowest BCUT2D eigenvalue weighted by atomic mass is 10.1. The fraction of sp³-hybridized carbons (Fsp3) is 0.176. The molecule has 1 fully saturated rings. The first kappa shape index (κ1) is 17.6. The monoisotopic (exact) mass is 422 g/mol. The second-order valence-electron chi connectivity index (χ2n) is 5.58. The number of sulfonamides is 1. The molecule has 3 rings (SSSR count). The van der Waals surface area contributed by atoms with E-state index < -0.39 is 10.0 Å². The number of anilines is 2. The van der Waals surface area contributed by atoms with Crippen LogP contribution < -0.4 is 9.62 Å². The van der Waals surface area contributed by atoms with Gasteiger partial charge in [0.1, 0.15) is 0 Å². The molecule has 2 aromatic rings. The molecule has 1 N–H and O–H groups in total. The first-order valence-electron chi connectivity index (χ1n) is 7.61. The lowest BCUT2D eigenvalue weighted by Gasteiger charge is -2.24. The zero-order chi connectivity index (χ0) is 18.0. The van der Waals surface area contributed by atoms with Gasteiger partial charge in [-0.15, -0.1) is 0 Å². The van der Waals surface area contributed by atoms with Crippen molar-refractivity contribution in [3.63, 3.8) is 0 Å². The van der Waals surface area contributed by atoms with Crippen molar-refractivity contribution in [2.75, 3.05) is 9.62 Å². The van der Waals surface area contributed by atoms with E-state index in [0.717, 1.165) is 9.37 Å². The molecule has 0 atom stereocenters. The maximum absolute atomic E-state index is 12.4. The number of carbonyl (C=O) groups is 2. The van der Waals surface area contributed by atoms with Crippen LogP contribution in [0.15, 0.2) is 57.9 Å². The Balaban J connectivity index is 1.82. The molecule has 0 aromatic heterocycles. The van der Waals surface area contributed by atoms with Gasteiger partial charge in [-0.05, 0) is 55.0 Å². The van der Waals surface area contributed by atoms with E-state index in [-0.39, 0.29) is 16.7 Å². The molecular weight excluding hydrogens is 408 g/mol. The predicted octanol–water partition coefficient (Wildman–Crippen LogP) is 3.29. The third kappa shape index (κ3) is 3.91. The molecular formula is C17H15BrN2O4S. The molecule has 130 valence electrons. The highest BCUT2D eigenvalue weighted by Crippen LogP contribution is 2.24. The molecule has 0 saturated carbocycles. The summed E-state index contributed by atoms with van der Waals surface area (Å²) in [5, 5.41) is 0. The molecule has 8 heteroatoms. The van der Waals surface area contributed by atoms with E-state index in [1.54, 1.807) is 24.3 Å². The van der Waals surface area contributed by atoms with Crippen molar-refractivity contribution in [3.8, 4) is 0 Å². The van der Waals surface area contributed by atoms with Crippen LogP contribution in [0.25, 0.3) is 0 Å². The number of benzene rings is 2. The molecule has 1 heterocycles. The van der Waals surface area contributed by atoms with E-state index in [4.69, 9.17) is 0 Å². The predicted molar refractivity (Wildman–Crippen MR) is 97.7 cm³/mol. The molecule has 1 aliphatic rings. The number of halogens is 1. The van der Waals surface area contributed by atoms with Gasteiger partial charge in [0.15, 0.2) is 0 Å². The molecule has 0 unspecified atom stereocenters. The van der Waals surface area contributed by atoms with E-state index in [1.807, 2.05) is 0 Å². The SMILES string of the molecule is O=C1CCCC(=O)N1c1ccc(S(=O)(=O)Nc2ccc(Br)cc2)cc1. The quantitative estimate of drug-likeness (QED) is 0.766. The molecule has 25 heavy (non-hydrogen) atoms. The van der Waals surface area contributed by atoms with Crippen LogP contribution in [0, 0.1) is 0 Å². The Kier molecular flexibility index (Phi) is 4.91. The Hall–Kier alpha value is -2.19. The lowest BCUT2D eigenvalue weighted by molar-refractivity contribution is -0.129. The lowest BCUT2D eigenvalue weighted by Crippen LogP contribution is -2.40. The average molecular weight is 423 g/mol. The van der Waals surface area contributed by atoms with Crippen molar-refractivity contribution in [2.45, 2.75) is 24.2 Å². The second kappa shape index (κ2) is 6.97. The number of amides is 2. The van der Waals surface area contributed by atoms with Crippen LogP contribution in [-0.2, 0) is 19.6 Å². The van der Waals surface area contributed by atoms with Crippen LogP contribution in [0.3, 0.4) is 0 Å². The fourth-order valence-corrected chi connectivity index (χ4v) is 3.87. The summed E-state index contributed by atoms with van der Waals surface area (Å²) < 4.78 is 28.2. The Labute approximate surface area is 154 Å². The number of imide groups is 1. The number of nitrogens with one attached hydrogen (secondary N) is 1. The third-order valence-corrected chi connectivity index (χ3v) is 5.71. The number of rotatable bonds is 4. The van der Waals surface area contributed by atoms with Crippen molar-refractivity contribution in [2.24, 2.45) is 0 Å². The van der Waals surface area contributed by atoms with Gasteiger partial charge in [-0.1, -0.05) is 15.9 Å². The second-order valence-corrected chi connectivity index (χ2v) is 8.18. The summed E-state index contributed by atoms with van der Waals surface area (Å²) in [5.41, 5.74) is 0.825. The number of hydrogen-bond acceptors (Lipinski definition) is 4. The Bertz CT molecular complexity index is 893. The molecule has 1 saturated heterocycles. The van der Waals surface area contributed by atoms with Crippen molar-refractivity contribution < 1.29 is 18.0 Å². The first-order valence-corrected chi connectivity index (χ1v) is 9.89. The molecule has 6 nitrogen and oxygen atoms in total. The maximum atomic E-state index is 12.4. The highest BCUT2D eigenvalue weighted by atomic mass is 79.9. The summed E-state index contributed by atoms with van der Waals surface area (Å²) in [6.07, 6.45) is 1.19. The van der Waals surface area contributed by atoms with E-state index in [0.29, 0.717) is 30.6 Å². The van der Waals surface area contributed by atoms with Crippen LogP contribution in [0.4, 0.5) is 11.4 Å². The maximum Gasteiger partial charge on any atom is 0.261 e. The highest BCUT2D eigenvalue weighted by Gasteiger charge is 2.27. The van der Waals surface area contributed by atoms with Gasteiger partial charge in [-0.2, -0.15) is 0 Å². The van der Waals surface area contributed by atoms with Crippen LogP contribution in [-0.4, -0.2) is 20.2 Å². The number of nitrogens with zero attached hydrogens (tertiary/aromatic N) is 1. The van der Waals surface area contributed by atoms with Gasteiger partial charge in [0.25, 0.3) is 10.0 Å². The molecule has 0 spiro atoms. The van der Waals surface area contributed by atoms with E-state index in [1.165, 1.54) is 24.3 Å². The van der Waals surface area contributed by atoms with Crippen molar-refractivity contribution in [1.29, 1.82) is 0 Å². The number of hydrogen-bond donors (Lipinski definition) is 1. The van der Waals surface area contributed by atoms with Gasteiger partial charge in [0.2, 0.25) is 11.8 Å². The zero-order valence-electron chi connectivity index (χ0n) is 13.1. The Morgan fingerprint density at radius 3 is 2.00 bits per heavy atom. The average Bonchev–Trinajstić information content (AvgIpc) is 2.57. The minimum Gasteiger partial charge on any atom is -0.280 e. The molecule has 1 aliphatic heterocycles. The van der Waals surface area contributed by atoms with Crippen molar-refractivity contribution in [3.05, 3.63) is 53.0 Å². The first-order chi connectivity index (χ1) is 11.9. The molecule has 0 radical (unpaired) electrons. The molecule has 2 amide bonds. The van der Waals surface area contributed by atoms with Gasteiger partial charge in [-0.3, -0.25) is 19.2 Å². The summed E-state index contributed by atoms with van der Waals surface area (Å²) in [4.78, 5) is 25.0. The van der Waals surface area contributed by atoms with Crippen LogP contribution >= 0.6 is 15.9 Å². The summed E-state index contributed by atoms with van der Waals surface area (Å²) in [6, 6.07) is 12.4. The van der Waals surface area contributed by atoms with Crippen LogP contribution in [0.2, 0.25) is 0 Å². The van der Waals surface area contributed by atoms with E-state index >= 15 is 0 Å². The fourth-order valence-electron chi connectivity index (χ4n) is 2.55. The van der Waals surface area contributed by atoms with E-state index in [2.05, 4.69) is 20.7 Å². The number of carbonyl (C=O) groups excluding carboxylic acids is 2. The summed E-state index contributed by atoms with van der Waals surface area (Å²) >= 11 is 3.29. The number of piperidine rings is 1.